The van der Waals surface area contributed by atoms with Crippen LogP contribution in [0.25, 0.3) is 0 Å². The lowest BCUT2D eigenvalue weighted by Crippen LogP contribution is -2.21. The van der Waals surface area contributed by atoms with Crippen molar-refractivity contribution in [2.75, 3.05) is 18.8 Å². The lowest BCUT2D eigenvalue weighted by molar-refractivity contribution is 0.501. The second-order valence-electron chi connectivity index (χ2n) is 3.90. The molecule has 0 radical (unpaired) electrons. The number of rotatable bonds is 3. The third-order valence-corrected chi connectivity index (χ3v) is 3.82. The first-order valence-electron chi connectivity index (χ1n) is 5.36. The molecule has 1 heterocycles. The van der Waals surface area contributed by atoms with Crippen molar-refractivity contribution >= 4 is 16.9 Å². The highest BCUT2D eigenvalue weighted by molar-refractivity contribution is 8.14. The van der Waals surface area contributed by atoms with Gasteiger partial charge in [-0.25, -0.2) is 0 Å². The zero-order valence-electron chi connectivity index (χ0n) is 8.09. The highest BCUT2D eigenvalue weighted by Gasteiger charge is 2.14. The van der Waals surface area contributed by atoms with E-state index in [0.717, 1.165) is 19.0 Å². The standard InChI is InChI=1S/C10H18N2S/c1-2-4-9(3-1)5-6-11-10-12-7-8-13-10/h9H,1-8H2,(H,11,12). The summed E-state index contributed by atoms with van der Waals surface area (Å²) in [5, 5.41) is 4.60. The molecule has 0 aromatic heterocycles. The first kappa shape index (κ1) is 9.38. The molecule has 0 amide bonds. The number of hydrogen-bond donors (Lipinski definition) is 1. The zero-order chi connectivity index (χ0) is 8.93. The van der Waals surface area contributed by atoms with Crippen LogP contribution in [0.15, 0.2) is 4.99 Å². The summed E-state index contributed by atoms with van der Waals surface area (Å²) in [5.41, 5.74) is 0. The van der Waals surface area contributed by atoms with Gasteiger partial charge in [-0.15, -0.1) is 0 Å². The highest BCUT2D eigenvalue weighted by Crippen LogP contribution is 2.26. The number of amidine groups is 1. The van der Waals surface area contributed by atoms with Crippen LogP contribution in [0.1, 0.15) is 32.1 Å². The molecule has 0 saturated heterocycles. The smallest absolute Gasteiger partial charge is 0.156 e. The quantitative estimate of drug-likeness (QED) is 0.752. The normalized spacial score (nSPS) is 23.5. The SMILES string of the molecule is C1CCC(CCNC2=NCCS2)C1. The Hall–Kier alpha value is -0.180. The molecule has 1 aliphatic heterocycles. The minimum atomic E-state index is 1.000. The fourth-order valence-corrected chi connectivity index (χ4v) is 2.89. The van der Waals surface area contributed by atoms with Crippen LogP contribution in [0.3, 0.4) is 0 Å². The fraction of sp³-hybridized carbons (Fsp3) is 0.900. The van der Waals surface area contributed by atoms with E-state index in [1.54, 1.807) is 0 Å². The Labute approximate surface area is 84.6 Å². The van der Waals surface area contributed by atoms with Gasteiger partial charge in [-0.3, -0.25) is 4.99 Å². The second kappa shape index (κ2) is 4.89. The van der Waals surface area contributed by atoms with Crippen molar-refractivity contribution in [1.82, 2.24) is 5.32 Å². The van der Waals surface area contributed by atoms with Gasteiger partial charge in [0, 0.05) is 12.3 Å². The van der Waals surface area contributed by atoms with Crippen LogP contribution in [-0.2, 0) is 0 Å². The Bertz CT molecular complexity index is 185. The summed E-state index contributed by atoms with van der Waals surface area (Å²) in [5.74, 6) is 2.17. The maximum absolute atomic E-state index is 4.37. The predicted octanol–water partition coefficient (Wildman–Crippen LogP) is 2.26. The molecule has 0 aromatic rings. The molecule has 1 saturated carbocycles. The molecule has 2 aliphatic rings. The van der Waals surface area contributed by atoms with Gasteiger partial charge in [0.2, 0.25) is 0 Å². The molecule has 0 bridgehead atoms. The van der Waals surface area contributed by atoms with E-state index in [2.05, 4.69) is 10.3 Å². The van der Waals surface area contributed by atoms with Gasteiger partial charge >= 0.3 is 0 Å². The van der Waals surface area contributed by atoms with Crippen LogP contribution in [0.5, 0.6) is 0 Å². The second-order valence-corrected chi connectivity index (χ2v) is 4.98. The molecular formula is C10H18N2S. The topological polar surface area (TPSA) is 24.4 Å². The zero-order valence-corrected chi connectivity index (χ0v) is 8.91. The molecule has 1 aliphatic carbocycles. The number of thioether (sulfide) groups is 1. The van der Waals surface area contributed by atoms with Crippen molar-refractivity contribution in [2.24, 2.45) is 10.9 Å². The number of nitrogens with zero attached hydrogens (tertiary/aromatic N) is 1. The van der Waals surface area contributed by atoms with Crippen LogP contribution in [0.4, 0.5) is 0 Å². The van der Waals surface area contributed by atoms with Crippen LogP contribution in [0.2, 0.25) is 0 Å². The molecule has 3 heteroatoms. The Morgan fingerprint density at radius 1 is 1.38 bits per heavy atom. The van der Waals surface area contributed by atoms with E-state index in [9.17, 15) is 0 Å². The summed E-state index contributed by atoms with van der Waals surface area (Å²) in [6.07, 6.45) is 7.18. The van der Waals surface area contributed by atoms with Gasteiger partial charge in [-0.2, -0.15) is 0 Å². The van der Waals surface area contributed by atoms with Crippen molar-refractivity contribution in [3.05, 3.63) is 0 Å². The number of aliphatic imine (C=N–C) groups is 1. The van der Waals surface area contributed by atoms with E-state index in [1.807, 2.05) is 11.8 Å². The van der Waals surface area contributed by atoms with Crippen molar-refractivity contribution in [1.29, 1.82) is 0 Å². The summed E-state index contributed by atoms with van der Waals surface area (Å²) in [6, 6.07) is 0. The number of nitrogens with one attached hydrogen (secondary N) is 1. The Morgan fingerprint density at radius 3 is 2.92 bits per heavy atom. The number of hydrogen-bond acceptors (Lipinski definition) is 3. The van der Waals surface area contributed by atoms with Gasteiger partial charge in [-0.05, 0) is 12.3 Å². The molecular weight excluding hydrogens is 180 g/mol. The van der Waals surface area contributed by atoms with E-state index < -0.39 is 0 Å². The van der Waals surface area contributed by atoms with E-state index in [0.29, 0.717) is 0 Å². The summed E-state index contributed by atoms with van der Waals surface area (Å²) in [7, 11) is 0. The molecule has 2 nitrogen and oxygen atoms in total. The summed E-state index contributed by atoms with van der Waals surface area (Å²) >= 11 is 1.86. The largest absolute Gasteiger partial charge is 0.365 e. The lowest BCUT2D eigenvalue weighted by Gasteiger charge is -2.09. The maximum Gasteiger partial charge on any atom is 0.156 e. The first-order chi connectivity index (χ1) is 6.45. The maximum atomic E-state index is 4.37. The van der Waals surface area contributed by atoms with Crippen molar-refractivity contribution in [3.63, 3.8) is 0 Å². The predicted molar refractivity (Wildman–Crippen MR) is 59.3 cm³/mol. The average Bonchev–Trinajstić information content (AvgIpc) is 2.75. The molecule has 1 N–H and O–H groups in total. The third kappa shape index (κ3) is 2.90. The van der Waals surface area contributed by atoms with E-state index in [1.165, 1.54) is 43.0 Å². The molecule has 0 unspecified atom stereocenters. The molecule has 0 aromatic carbocycles. The van der Waals surface area contributed by atoms with Gasteiger partial charge in [0.05, 0.1) is 6.54 Å². The van der Waals surface area contributed by atoms with Crippen molar-refractivity contribution < 1.29 is 0 Å². The molecule has 2 rings (SSSR count). The Balaban J connectivity index is 1.57. The summed E-state index contributed by atoms with van der Waals surface area (Å²) in [6.45, 7) is 2.15. The van der Waals surface area contributed by atoms with Crippen LogP contribution in [0, 0.1) is 5.92 Å². The van der Waals surface area contributed by atoms with E-state index >= 15 is 0 Å². The van der Waals surface area contributed by atoms with E-state index in [4.69, 9.17) is 0 Å². The van der Waals surface area contributed by atoms with Gasteiger partial charge in [0.15, 0.2) is 5.17 Å². The molecule has 0 spiro atoms. The van der Waals surface area contributed by atoms with E-state index in [-0.39, 0.29) is 0 Å². The van der Waals surface area contributed by atoms with Gasteiger partial charge in [0.25, 0.3) is 0 Å². The molecule has 0 atom stereocenters. The van der Waals surface area contributed by atoms with Crippen LogP contribution in [-0.4, -0.2) is 24.0 Å². The average molecular weight is 198 g/mol. The summed E-state index contributed by atoms with van der Waals surface area (Å²) < 4.78 is 0. The monoisotopic (exact) mass is 198 g/mol. The highest BCUT2D eigenvalue weighted by atomic mass is 32.2. The van der Waals surface area contributed by atoms with Crippen LogP contribution < -0.4 is 5.32 Å². The fourth-order valence-electron chi connectivity index (χ4n) is 2.12. The molecule has 74 valence electrons. The third-order valence-electron chi connectivity index (χ3n) is 2.89. The van der Waals surface area contributed by atoms with Crippen LogP contribution >= 0.6 is 11.8 Å². The van der Waals surface area contributed by atoms with Crippen molar-refractivity contribution in [3.8, 4) is 0 Å². The van der Waals surface area contributed by atoms with Gasteiger partial charge in [0.1, 0.15) is 0 Å². The van der Waals surface area contributed by atoms with Gasteiger partial charge in [-0.1, -0.05) is 37.4 Å². The van der Waals surface area contributed by atoms with Crippen molar-refractivity contribution in [2.45, 2.75) is 32.1 Å². The van der Waals surface area contributed by atoms with Gasteiger partial charge < -0.3 is 5.32 Å². The Kier molecular flexibility index (Phi) is 3.53. The lowest BCUT2D eigenvalue weighted by atomic mass is 10.0. The Morgan fingerprint density at radius 2 is 2.23 bits per heavy atom. The molecule has 1 fully saturated rings. The molecule has 13 heavy (non-hydrogen) atoms. The minimum Gasteiger partial charge on any atom is -0.365 e. The minimum absolute atomic E-state index is 1.000. The summed E-state index contributed by atoms with van der Waals surface area (Å²) in [4.78, 5) is 4.37. The first-order valence-corrected chi connectivity index (χ1v) is 6.35.